The summed E-state index contributed by atoms with van der Waals surface area (Å²) in [4.78, 5) is 11.1. The van der Waals surface area contributed by atoms with Crippen molar-refractivity contribution in [1.82, 2.24) is 15.0 Å². The largest absolute Gasteiger partial charge is 0.494 e. The van der Waals surface area contributed by atoms with E-state index in [0.717, 1.165) is 23.1 Å². The van der Waals surface area contributed by atoms with Gasteiger partial charge in [0.15, 0.2) is 6.61 Å². The van der Waals surface area contributed by atoms with Crippen molar-refractivity contribution in [2.75, 3.05) is 29.6 Å². The Morgan fingerprint density at radius 2 is 1.81 bits per heavy atom. The van der Waals surface area contributed by atoms with Gasteiger partial charge >= 0.3 is 12.2 Å². The second-order valence-corrected chi connectivity index (χ2v) is 5.89. The Kier molecular flexibility index (Phi) is 7.25. The van der Waals surface area contributed by atoms with Crippen molar-refractivity contribution in [3.8, 4) is 11.8 Å². The van der Waals surface area contributed by atoms with Crippen LogP contribution in [-0.2, 0) is 6.54 Å². The molecule has 0 saturated heterocycles. The Balaban J connectivity index is 1.91. The number of hydrogen-bond donors (Lipinski definition) is 2. The number of nitrogen functional groups attached to an aromatic ring is 1. The lowest BCUT2D eigenvalue weighted by Gasteiger charge is -2.10. The van der Waals surface area contributed by atoms with Crippen LogP contribution in [0.3, 0.4) is 0 Å². The van der Waals surface area contributed by atoms with E-state index in [1.165, 1.54) is 0 Å². The summed E-state index contributed by atoms with van der Waals surface area (Å²) >= 11 is 3.33. The maximum absolute atomic E-state index is 12.2. The van der Waals surface area contributed by atoms with Crippen molar-refractivity contribution in [3.63, 3.8) is 0 Å². The summed E-state index contributed by atoms with van der Waals surface area (Å²) in [5.74, 6) is 0.532. The second-order valence-electron chi connectivity index (χ2n) is 5.09. The molecule has 0 aliphatic heterocycles. The van der Waals surface area contributed by atoms with Crippen LogP contribution in [0.1, 0.15) is 12.0 Å². The minimum absolute atomic E-state index is 0.0207. The predicted octanol–water partition coefficient (Wildman–Crippen LogP) is 3.17. The van der Waals surface area contributed by atoms with Gasteiger partial charge in [-0.25, -0.2) is 0 Å². The maximum Gasteiger partial charge on any atom is 0.422 e. The number of nitrogens with two attached hydrogens (primary N) is 1. The van der Waals surface area contributed by atoms with Gasteiger partial charge in [-0.05, 0) is 24.1 Å². The summed E-state index contributed by atoms with van der Waals surface area (Å²) in [6.07, 6.45) is -3.59. The number of rotatable bonds is 9. The fourth-order valence-electron chi connectivity index (χ4n) is 1.79. The fourth-order valence-corrected chi connectivity index (χ4v) is 2.02. The highest BCUT2D eigenvalue weighted by atomic mass is 79.9. The van der Waals surface area contributed by atoms with Gasteiger partial charge < -0.3 is 20.5 Å². The predicted molar refractivity (Wildman–Crippen MR) is 93.5 cm³/mol. The highest BCUT2D eigenvalue weighted by Gasteiger charge is 2.29. The number of ether oxygens (including phenoxy) is 2. The Bertz CT molecular complexity index is 701. The normalized spacial score (nSPS) is 11.2. The maximum atomic E-state index is 12.2. The molecule has 0 unspecified atom stereocenters. The van der Waals surface area contributed by atoms with Crippen LogP contribution in [0.15, 0.2) is 24.3 Å². The molecule has 2 aromatic rings. The van der Waals surface area contributed by atoms with E-state index in [0.29, 0.717) is 13.2 Å². The summed E-state index contributed by atoms with van der Waals surface area (Å²) in [5.41, 5.74) is 6.36. The minimum atomic E-state index is -4.49. The molecule has 0 spiro atoms. The van der Waals surface area contributed by atoms with Gasteiger partial charge in [0, 0.05) is 11.9 Å². The number of aromatic nitrogens is 3. The molecule has 0 saturated carbocycles. The van der Waals surface area contributed by atoms with Gasteiger partial charge in [0.1, 0.15) is 5.75 Å². The highest BCUT2D eigenvalue weighted by Crippen LogP contribution is 2.18. The fraction of sp³-hybridized carbons (Fsp3) is 0.400. The third-order valence-corrected chi connectivity index (χ3v) is 3.48. The molecule has 2 rings (SSSR count). The average Bonchev–Trinajstić information content (AvgIpc) is 2.59. The lowest BCUT2D eigenvalue weighted by atomic mass is 10.2. The van der Waals surface area contributed by atoms with E-state index in [9.17, 15) is 13.2 Å². The lowest BCUT2D eigenvalue weighted by Crippen LogP contribution is -2.21. The van der Waals surface area contributed by atoms with Gasteiger partial charge in [-0.15, -0.1) is 0 Å². The van der Waals surface area contributed by atoms with Gasteiger partial charge in [-0.3, -0.25) is 0 Å². The molecule has 1 heterocycles. The molecular weight excluding hydrogens is 419 g/mol. The smallest absolute Gasteiger partial charge is 0.422 e. The van der Waals surface area contributed by atoms with E-state index < -0.39 is 18.8 Å². The molecule has 7 nitrogen and oxygen atoms in total. The lowest BCUT2D eigenvalue weighted by molar-refractivity contribution is -0.154. The highest BCUT2D eigenvalue weighted by molar-refractivity contribution is 9.09. The Labute approximate surface area is 156 Å². The van der Waals surface area contributed by atoms with Crippen LogP contribution in [0.25, 0.3) is 0 Å². The molecule has 1 aromatic heterocycles. The third kappa shape index (κ3) is 7.30. The number of anilines is 2. The van der Waals surface area contributed by atoms with Gasteiger partial charge in [0.25, 0.3) is 0 Å². The summed E-state index contributed by atoms with van der Waals surface area (Å²) in [7, 11) is 0. The number of nitrogens with zero attached hydrogens (tertiary/aromatic N) is 3. The number of alkyl halides is 4. The average molecular weight is 436 g/mol. The van der Waals surface area contributed by atoms with E-state index in [2.05, 4.69) is 40.9 Å². The standard InChI is InChI=1S/C15H17BrF3N5O2/c16-6-1-7-25-11-4-2-10(3-5-11)8-21-13-22-12(20)23-14(24-13)26-9-15(17,18)19/h2-5H,1,6-9H2,(H3,20,21,22,23,24). The van der Waals surface area contributed by atoms with Crippen LogP contribution >= 0.6 is 15.9 Å². The van der Waals surface area contributed by atoms with Gasteiger partial charge in [-0.2, -0.15) is 28.1 Å². The molecule has 0 radical (unpaired) electrons. The van der Waals surface area contributed by atoms with Crippen molar-refractivity contribution in [1.29, 1.82) is 0 Å². The van der Waals surface area contributed by atoms with E-state index >= 15 is 0 Å². The van der Waals surface area contributed by atoms with E-state index in [1.54, 1.807) is 0 Å². The topological polar surface area (TPSA) is 95.2 Å². The van der Waals surface area contributed by atoms with Crippen LogP contribution in [0.4, 0.5) is 25.1 Å². The van der Waals surface area contributed by atoms with Crippen molar-refractivity contribution in [2.24, 2.45) is 0 Å². The summed E-state index contributed by atoms with van der Waals surface area (Å²) in [6, 6.07) is 6.85. The minimum Gasteiger partial charge on any atom is -0.494 e. The zero-order valence-electron chi connectivity index (χ0n) is 13.6. The molecule has 0 aliphatic rings. The van der Waals surface area contributed by atoms with Gasteiger partial charge in [0.05, 0.1) is 6.61 Å². The third-order valence-electron chi connectivity index (χ3n) is 2.92. The van der Waals surface area contributed by atoms with Gasteiger partial charge in [0.2, 0.25) is 11.9 Å². The second kappa shape index (κ2) is 9.41. The quantitative estimate of drug-likeness (QED) is 0.461. The molecule has 11 heteroatoms. The SMILES string of the molecule is Nc1nc(NCc2ccc(OCCCBr)cc2)nc(OCC(F)(F)F)n1. The van der Waals surface area contributed by atoms with Crippen molar-refractivity contribution < 1.29 is 22.6 Å². The first kappa shape index (κ1) is 20.0. The number of nitrogens with one attached hydrogen (secondary N) is 1. The molecule has 0 bridgehead atoms. The Hall–Kier alpha value is -2.30. The number of hydrogen-bond acceptors (Lipinski definition) is 7. The first-order chi connectivity index (χ1) is 12.4. The number of halogens is 4. The van der Waals surface area contributed by atoms with Crippen LogP contribution in [0.2, 0.25) is 0 Å². The zero-order valence-corrected chi connectivity index (χ0v) is 15.2. The number of benzene rings is 1. The van der Waals surface area contributed by atoms with Crippen LogP contribution in [-0.4, -0.2) is 39.7 Å². The molecular formula is C15H17BrF3N5O2. The first-order valence-corrected chi connectivity index (χ1v) is 8.70. The molecule has 142 valence electrons. The molecule has 0 amide bonds. The van der Waals surface area contributed by atoms with Crippen LogP contribution in [0, 0.1) is 0 Å². The van der Waals surface area contributed by atoms with Gasteiger partial charge in [-0.1, -0.05) is 28.1 Å². The summed E-state index contributed by atoms with van der Waals surface area (Å²) < 4.78 is 46.6. The van der Waals surface area contributed by atoms with E-state index in [-0.39, 0.29) is 11.9 Å². The molecule has 26 heavy (non-hydrogen) atoms. The molecule has 3 N–H and O–H groups in total. The molecule has 1 aromatic carbocycles. The van der Waals surface area contributed by atoms with Crippen molar-refractivity contribution >= 4 is 27.8 Å². The Morgan fingerprint density at radius 1 is 1.08 bits per heavy atom. The van der Waals surface area contributed by atoms with Crippen molar-refractivity contribution in [3.05, 3.63) is 29.8 Å². The van der Waals surface area contributed by atoms with Crippen LogP contribution < -0.4 is 20.5 Å². The van der Waals surface area contributed by atoms with E-state index in [4.69, 9.17) is 10.5 Å². The zero-order chi connectivity index (χ0) is 19.0. The Morgan fingerprint density at radius 3 is 2.46 bits per heavy atom. The van der Waals surface area contributed by atoms with Crippen LogP contribution in [0.5, 0.6) is 11.8 Å². The monoisotopic (exact) mass is 435 g/mol. The molecule has 0 atom stereocenters. The van der Waals surface area contributed by atoms with Crippen molar-refractivity contribution in [2.45, 2.75) is 19.1 Å². The molecule has 0 aliphatic carbocycles. The molecule has 0 fully saturated rings. The first-order valence-electron chi connectivity index (χ1n) is 7.58. The van der Waals surface area contributed by atoms with E-state index in [1.807, 2.05) is 24.3 Å². The summed E-state index contributed by atoms with van der Waals surface area (Å²) in [6.45, 7) is -0.552. The summed E-state index contributed by atoms with van der Waals surface area (Å²) in [5, 5.41) is 3.73.